The Morgan fingerprint density at radius 1 is 1.12 bits per heavy atom. The second-order valence-electron chi connectivity index (χ2n) is 5.68. The molecular formula is C18H23N3O3S. The molecule has 0 atom stereocenters. The molecule has 0 saturated carbocycles. The molecule has 134 valence electrons. The monoisotopic (exact) mass is 361 g/mol. The molecule has 0 bridgehead atoms. The van der Waals surface area contributed by atoms with Crippen molar-refractivity contribution in [1.82, 2.24) is 10.2 Å². The van der Waals surface area contributed by atoms with Crippen LogP contribution in [0.4, 0.5) is 0 Å². The summed E-state index contributed by atoms with van der Waals surface area (Å²) >= 11 is 0. The van der Waals surface area contributed by atoms with E-state index >= 15 is 0 Å². The first-order valence-corrected chi connectivity index (χ1v) is 9.79. The molecule has 0 amide bonds. The van der Waals surface area contributed by atoms with Crippen LogP contribution in [0, 0.1) is 0 Å². The van der Waals surface area contributed by atoms with E-state index in [0.29, 0.717) is 6.26 Å². The van der Waals surface area contributed by atoms with E-state index in [1.807, 2.05) is 6.34 Å². The molecule has 0 aromatic heterocycles. The van der Waals surface area contributed by atoms with E-state index < -0.39 is 10.1 Å². The number of aliphatic imine (C=N–C) groups is 1. The predicted molar refractivity (Wildman–Crippen MR) is 101 cm³/mol. The van der Waals surface area contributed by atoms with Crippen molar-refractivity contribution < 1.29 is 13.0 Å². The van der Waals surface area contributed by atoms with Gasteiger partial charge in [-0.1, -0.05) is 54.6 Å². The Morgan fingerprint density at radius 2 is 1.76 bits per heavy atom. The van der Waals surface area contributed by atoms with Crippen LogP contribution >= 0.6 is 0 Å². The van der Waals surface area contributed by atoms with Crippen molar-refractivity contribution in [3.8, 4) is 11.1 Å². The van der Waals surface area contributed by atoms with Crippen molar-refractivity contribution in [3.05, 3.63) is 60.2 Å². The molecule has 2 N–H and O–H groups in total. The van der Waals surface area contributed by atoms with Gasteiger partial charge in [0, 0.05) is 13.1 Å². The number of nitrogens with zero attached hydrogens (tertiary/aromatic N) is 2. The van der Waals surface area contributed by atoms with Gasteiger partial charge in [0.15, 0.2) is 0 Å². The Hall–Kier alpha value is -2.22. The second-order valence-corrected chi connectivity index (χ2v) is 7.14. The Balaban J connectivity index is 0.000000399. The Kier molecular flexibility index (Phi) is 7.12. The minimum Gasteiger partial charge on any atom is -0.348 e. The Morgan fingerprint density at radius 3 is 2.40 bits per heavy atom. The SMILES string of the molecule is C1=NCCN1CNCc1ccccc1-c1ccccc1.CS(=O)(=O)O. The first-order chi connectivity index (χ1) is 11.9. The van der Waals surface area contributed by atoms with Crippen LogP contribution in [0.2, 0.25) is 0 Å². The number of hydrogen-bond acceptors (Lipinski definition) is 5. The molecule has 3 rings (SSSR count). The number of benzene rings is 2. The van der Waals surface area contributed by atoms with Crippen LogP contribution < -0.4 is 5.32 Å². The largest absolute Gasteiger partial charge is 0.348 e. The maximum Gasteiger partial charge on any atom is 0.261 e. The zero-order valence-corrected chi connectivity index (χ0v) is 15.0. The standard InChI is InChI=1S/C17H19N3.CH4O3S/c1-2-6-15(7-3-1)17-9-5-4-8-16(17)12-19-14-20-11-10-18-13-20;1-5(2,3)4/h1-9,13,19H,10-12,14H2;1H3,(H,2,3,4). The van der Waals surface area contributed by atoms with Gasteiger partial charge in [-0.3, -0.25) is 14.9 Å². The van der Waals surface area contributed by atoms with Crippen LogP contribution in [-0.4, -0.2) is 50.2 Å². The third-order valence-corrected chi connectivity index (χ3v) is 3.49. The lowest BCUT2D eigenvalue weighted by molar-refractivity contribution is 0.418. The van der Waals surface area contributed by atoms with Gasteiger partial charge in [0.25, 0.3) is 10.1 Å². The molecule has 6 nitrogen and oxygen atoms in total. The van der Waals surface area contributed by atoms with Crippen LogP contribution in [0.25, 0.3) is 11.1 Å². The third-order valence-electron chi connectivity index (χ3n) is 3.49. The van der Waals surface area contributed by atoms with Crippen molar-refractivity contribution in [2.45, 2.75) is 6.54 Å². The van der Waals surface area contributed by atoms with E-state index in [4.69, 9.17) is 4.55 Å². The summed E-state index contributed by atoms with van der Waals surface area (Å²) in [5.41, 5.74) is 3.90. The van der Waals surface area contributed by atoms with Gasteiger partial charge in [0.2, 0.25) is 0 Å². The summed E-state index contributed by atoms with van der Waals surface area (Å²) in [6.45, 7) is 3.66. The summed E-state index contributed by atoms with van der Waals surface area (Å²) in [6, 6.07) is 19.1. The average molecular weight is 361 g/mol. The quantitative estimate of drug-likeness (QED) is 0.798. The summed E-state index contributed by atoms with van der Waals surface area (Å²) in [5.74, 6) is 0. The molecule has 25 heavy (non-hydrogen) atoms. The van der Waals surface area contributed by atoms with Crippen molar-refractivity contribution in [3.63, 3.8) is 0 Å². The maximum absolute atomic E-state index is 9.19. The first-order valence-electron chi connectivity index (χ1n) is 7.94. The van der Waals surface area contributed by atoms with E-state index in [2.05, 4.69) is 69.8 Å². The molecule has 2 aromatic carbocycles. The van der Waals surface area contributed by atoms with Gasteiger partial charge in [-0.15, -0.1) is 0 Å². The molecule has 1 aliphatic heterocycles. The fraction of sp³-hybridized carbons (Fsp3) is 0.278. The average Bonchev–Trinajstić information content (AvgIpc) is 3.08. The molecular weight excluding hydrogens is 338 g/mol. The van der Waals surface area contributed by atoms with E-state index in [9.17, 15) is 8.42 Å². The van der Waals surface area contributed by atoms with E-state index in [-0.39, 0.29) is 0 Å². The first kappa shape index (κ1) is 19.1. The summed E-state index contributed by atoms with van der Waals surface area (Å²) in [4.78, 5) is 6.42. The van der Waals surface area contributed by atoms with Crippen molar-refractivity contribution in [2.24, 2.45) is 4.99 Å². The van der Waals surface area contributed by atoms with Crippen molar-refractivity contribution in [1.29, 1.82) is 0 Å². The highest BCUT2D eigenvalue weighted by molar-refractivity contribution is 7.85. The lowest BCUT2D eigenvalue weighted by Crippen LogP contribution is -2.31. The van der Waals surface area contributed by atoms with E-state index in [1.165, 1.54) is 16.7 Å². The zero-order valence-electron chi connectivity index (χ0n) is 14.2. The number of nitrogens with one attached hydrogen (secondary N) is 1. The molecule has 0 unspecified atom stereocenters. The summed E-state index contributed by atoms with van der Waals surface area (Å²) in [5, 5.41) is 3.49. The van der Waals surface area contributed by atoms with Crippen LogP contribution in [-0.2, 0) is 16.7 Å². The molecule has 0 spiro atoms. The third kappa shape index (κ3) is 7.47. The molecule has 0 fully saturated rings. The molecule has 2 aromatic rings. The van der Waals surface area contributed by atoms with Gasteiger partial charge in [0.05, 0.1) is 25.8 Å². The van der Waals surface area contributed by atoms with Crippen LogP contribution in [0.5, 0.6) is 0 Å². The highest BCUT2D eigenvalue weighted by Gasteiger charge is 2.06. The highest BCUT2D eigenvalue weighted by atomic mass is 32.2. The van der Waals surface area contributed by atoms with Gasteiger partial charge >= 0.3 is 0 Å². The Labute approximate surface area is 149 Å². The lowest BCUT2D eigenvalue weighted by atomic mass is 10.00. The molecule has 1 heterocycles. The predicted octanol–water partition coefficient (Wildman–Crippen LogP) is 2.25. The normalized spacial score (nSPS) is 13.4. The summed E-state index contributed by atoms with van der Waals surface area (Å²) in [6.07, 6.45) is 2.64. The topological polar surface area (TPSA) is 82.0 Å². The smallest absolute Gasteiger partial charge is 0.261 e. The van der Waals surface area contributed by atoms with Gasteiger partial charge in [0.1, 0.15) is 0 Å². The zero-order chi connectivity index (χ0) is 18.1. The lowest BCUT2D eigenvalue weighted by Gasteiger charge is -2.16. The molecule has 0 saturated heterocycles. The van der Waals surface area contributed by atoms with Crippen LogP contribution in [0.3, 0.4) is 0 Å². The minimum absolute atomic E-state index is 0.715. The van der Waals surface area contributed by atoms with Crippen molar-refractivity contribution >= 4 is 16.5 Å². The maximum atomic E-state index is 9.19. The van der Waals surface area contributed by atoms with Gasteiger partial charge < -0.3 is 4.90 Å². The molecule has 0 radical (unpaired) electrons. The Bertz CT molecular complexity index is 784. The van der Waals surface area contributed by atoms with Gasteiger partial charge in [-0.2, -0.15) is 8.42 Å². The van der Waals surface area contributed by atoms with Crippen molar-refractivity contribution in [2.75, 3.05) is 26.0 Å². The van der Waals surface area contributed by atoms with E-state index in [1.54, 1.807) is 0 Å². The van der Waals surface area contributed by atoms with Gasteiger partial charge in [-0.25, -0.2) is 0 Å². The second kappa shape index (κ2) is 9.31. The number of hydrogen-bond donors (Lipinski definition) is 2. The van der Waals surface area contributed by atoms with Crippen LogP contribution in [0.15, 0.2) is 59.6 Å². The fourth-order valence-electron chi connectivity index (χ4n) is 2.44. The molecule has 7 heteroatoms. The summed E-state index contributed by atoms with van der Waals surface area (Å²) in [7, 11) is -3.67. The fourth-order valence-corrected chi connectivity index (χ4v) is 2.44. The summed E-state index contributed by atoms with van der Waals surface area (Å²) < 4.78 is 25.9. The molecule has 0 aliphatic carbocycles. The highest BCUT2D eigenvalue weighted by Crippen LogP contribution is 2.23. The minimum atomic E-state index is -3.67. The molecule has 1 aliphatic rings. The van der Waals surface area contributed by atoms with E-state index in [0.717, 1.165) is 26.3 Å². The van der Waals surface area contributed by atoms with Crippen LogP contribution in [0.1, 0.15) is 5.56 Å². The number of rotatable bonds is 5. The van der Waals surface area contributed by atoms with Gasteiger partial charge in [-0.05, 0) is 16.7 Å².